The molecule has 28 heavy (non-hydrogen) atoms. The molecule has 1 aromatic rings. The van der Waals surface area contributed by atoms with Crippen LogP contribution in [0.3, 0.4) is 0 Å². The van der Waals surface area contributed by atoms with Crippen molar-refractivity contribution >= 4 is 27.6 Å². The second-order valence-electron chi connectivity index (χ2n) is 6.88. The van der Waals surface area contributed by atoms with E-state index >= 15 is 0 Å². The first-order valence-electron chi connectivity index (χ1n) is 9.42. The third kappa shape index (κ3) is 8.30. The highest BCUT2D eigenvalue weighted by Crippen LogP contribution is 2.21. The summed E-state index contributed by atoms with van der Waals surface area (Å²) in [7, 11) is -3.21. The van der Waals surface area contributed by atoms with Crippen LogP contribution in [-0.4, -0.2) is 64.3 Å². The maximum absolute atomic E-state index is 13.2. The standard InChI is InChI=1S/C18H29ClFN5O2S/c1-3-21-18(22-8-9-23-28(2,26)27)24-16-5-4-10-25(13-16)12-14-6-7-15(20)11-17(14)19/h6-7,11,16,23H,3-5,8-10,12-13H2,1-2H3,(H2,21,22,24). The number of hydrogen-bond acceptors (Lipinski definition) is 4. The number of hydrogen-bond donors (Lipinski definition) is 3. The fraction of sp³-hybridized carbons (Fsp3) is 0.611. The summed E-state index contributed by atoms with van der Waals surface area (Å²) in [4.78, 5) is 6.72. The molecule has 0 bridgehead atoms. The van der Waals surface area contributed by atoms with Gasteiger partial charge in [-0.05, 0) is 44.0 Å². The lowest BCUT2D eigenvalue weighted by Gasteiger charge is -2.34. The lowest BCUT2D eigenvalue weighted by molar-refractivity contribution is 0.192. The summed E-state index contributed by atoms with van der Waals surface area (Å²) in [6, 6.07) is 4.72. The van der Waals surface area contributed by atoms with E-state index < -0.39 is 10.0 Å². The molecule has 1 aliphatic heterocycles. The van der Waals surface area contributed by atoms with Crippen molar-refractivity contribution in [3.63, 3.8) is 0 Å². The zero-order chi connectivity index (χ0) is 20.6. The summed E-state index contributed by atoms with van der Waals surface area (Å²) < 4.78 is 37.9. The molecule has 1 saturated heterocycles. The summed E-state index contributed by atoms with van der Waals surface area (Å²) in [6.45, 7) is 5.75. The molecule has 0 radical (unpaired) electrons. The average Bonchev–Trinajstić information content (AvgIpc) is 2.61. The zero-order valence-electron chi connectivity index (χ0n) is 16.3. The van der Waals surface area contributed by atoms with E-state index in [1.807, 2.05) is 6.92 Å². The van der Waals surface area contributed by atoms with Gasteiger partial charge in [0.1, 0.15) is 5.82 Å². The molecule has 0 spiro atoms. The van der Waals surface area contributed by atoms with Crippen LogP contribution in [0, 0.1) is 5.82 Å². The molecular weight excluding hydrogens is 405 g/mol. The first kappa shape index (κ1) is 22.9. The predicted molar refractivity (Wildman–Crippen MR) is 112 cm³/mol. The minimum absolute atomic E-state index is 0.216. The average molecular weight is 434 g/mol. The van der Waals surface area contributed by atoms with E-state index in [9.17, 15) is 12.8 Å². The topological polar surface area (TPSA) is 85.8 Å². The van der Waals surface area contributed by atoms with Crippen molar-refractivity contribution in [3.05, 3.63) is 34.6 Å². The van der Waals surface area contributed by atoms with Crippen LogP contribution in [0.5, 0.6) is 0 Å². The predicted octanol–water partition coefficient (Wildman–Crippen LogP) is 1.55. The smallest absolute Gasteiger partial charge is 0.208 e. The minimum atomic E-state index is -3.21. The first-order valence-corrected chi connectivity index (χ1v) is 11.7. The van der Waals surface area contributed by atoms with Crippen LogP contribution in [0.15, 0.2) is 23.2 Å². The molecule has 3 N–H and O–H groups in total. The van der Waals surface area contributed by atoms with E-state index in [4.69, 9.17) is 11.6 Å². The van der Waals surface area contributed by atoms with E-state index in [1.165, 1.54) is 12.1 Å². The Kier molecular flexibility index (Phi) is 8.94. The second-order valence-corrected chi connectivity index (χ2v) is 9.12. The zero-order valence-corrected chi connectivity index (χ0v) is 17.9. The number of piperidine rings is 1. The molecule has 1 atom stereocenters. The van der Waals surface area contributed by atoms with Gasteiger partial charge >= 0.3 is 0 Å². The first-order chi connectivity index (χ1) is 13.3. The molecule has 1 aromatic carbocycles. The molecule has 0 amide bonds. The summed E-state index contributed by atoms with van der Waals surface area (Å²) in [6.07, 6.45) is 3.18. The van der Waals surface area contributed by atoms with Crippen LogP contribution in [0.25, 0.3) is 0 Å². The Labute approximate surface area is 171 Å². The fourth-order valence-corrected chi connectivity index (χ4v) is 3.81. The largest absolute Gasteiger partial charge is 0.357 e. The number of rotatable bonds is 8. The SMILES string of the molecule is CCNC(=NCCNS(C)(=O)=O)NC1CCCN(Cc2ccc(F)cc2Cl)C1. The minimum Gasteiger partial charge on any atom is -0.357 e. The quantitative estimate of drug-likeness (QED) is 0.329. The maximum atomic E-state index is 13.2. The van der Waals surface area contributed by atoms with Gasteiger partial charge in [0.05, 0.1) is 12.8 Å². The van der Waals surface area contributed by atoms with E-state index in [0.717, 1.165) is 37.8 Å². The normalized spacial score (nSPS) is 18.9. The monoisotopic (exact) mass is 433 g/mol. The maximum Gasteiger partial charge on any atom is 0.208 e. The fourth-order valence-electron chi connectivity index (χ4n) is 3.12. The number of aliphatic imine (C=N–C) groups is 1. The number of guanidine groups is 1. The van der Waals surface area contributed by atoms with Crippen LogP contribution in [-0.2, 0) is 16.6 Å². The van der Waals surface area contributed by atoms with Crippen molar-refractivity contribution < 1.29 is 12.8 Å². The Balaban J connectivity index is 1.90. The lowest BCUT2D eigenvalue weighted by atomic mass is 10.0. The van der Waals surface area contributed by atoms with Crippen LogP contribution < -0.4 is 15.4 Å². The van der Waals surface area contributed by atoms with Crippen molar-refractivity contribution in [2.45, 2.75) is 32.4 Å². The number of nitrogens with zero attached hydrogens (tertiary/aromatic N) is 2. The number of halogens is 2. The highest BCUT2D eigenvalue weighted by Gasteiger charge is 2.21. The van der Waals surface area contributed by atoms with Crippen LogP contribution in [0.2, 0.25) is 5.02 Å². The number of sulfonamides is 1. The molecule has 1 aliphatic rings. The van der Waals surface area contributed by atoms with Gasteiger partial charge in [0, 0.05) is 37.2 Å². The van der Waals surface area contributed by atoms with Crippen LogP contribution in [0.1, 0.15) is 25.3 Å². The Morgan fingerprint density at radius 1 is 1.43 bits per heavy atom. The molecule has 1 unspecified atom stereocenters. The van der Waals surface area contributed by atoms with Crippen molar-refractivity contribution in [3.8, 4) is 0 Å². The highest BCUT2D eigenvalue weighted by molar-refractivity contribution is 7.88. The molecule has 0 aliphatic carbocycles. The molecular formula is C18H29ClFN5O2S. The summed E-state index contributed by atoms with van der Waals surface area (Å²) in [5.74, 6) is 0.341. The number of benzene rings is 1. The van der Waals surface area contributed by atoms with Gasteiger partial charge in [-0.15, -0.1) is 0 Å². The molecule has 1 heterocycles. The Morgan fingerprint density at radius 3 is 2.89 bits per heavy atom. The summed E-state index contributed by atoms with van der Waals surface area (Å²) in [5.41, 5.74) is 0.913. The molecule has 7 nitrogen and oxygen atoms in total. The highest BCUT2D eigenvalue weighted by atomic mass is 35.5. The van der Waals surface area contributed by atoms with Gasteiger partial charge in [0.25, 0.3) is 0 Å². The summed E-state index contributed by atoms with van der Waals surface area (Å²) in [5, 5.41) is 7.06. The van der Waals surface area contributed by atoms with Crippen molar-refractivity contribution in [1.82, 2.24) is 20.3 Å². The van der Waals surface area contributed by atoms with Crippen molar-refractivity contribution in [1.29, 1.82) is 0 Å². The van der Waals surface area contributed by atoms with Gasteiger partial charge < -0.3 is 10.6 Å². The van der Waals surface area contributed by atoms with E-state index in [2.05, 4.69) is 25.2 Å². The Hall–Kier alpha value is -1.42. The second kappa shape index (κ2) is 10.9. The third-order valence-corrected chi connectivity index (χ3v) is 5.43. The van der Waals surface area contributed by atoms with E-state index in [0.29, 0.717) is 30.6 Å². The van der Waals surface area contributed by atoms with Gasteiger partial charge in [-0.3, -0.25) is 9.89 Å². The number of nitrogens with one attached hydrogen (secondary N) is 3. The van der Waals surface area contributed by atoms with Crippen LogP contribution >= 0.6 is 11.6 Å². The summed E-state index contributed by atoms with van der Waals surface area (Å²) >= 11 is 6.15. The molecule has 0 saturated carbocycles. The Bertz CT molecular complexity index is 775. The van der Waals surface area contributed by atoms with E-state index in [1.54, 1.807) is 6.07 Å². The van der Waals surface area contributed by atoms with Gasteiger partial charge in [-0.1, -0.05) is 17.7 Å². The van der Waals surface area contributed by atoms with Gasteiger partial charge in [-0.25, -0.2) is 17.5 Å². The Morgan fingerprint density at radius 2 is 2.21 bits per heavy atom. The molecule has 0 aromatic heterocycles. The van der Waals surface area contributed by atoms with Gasteiger partial charge in [-0.2, -0.15) is 0 Å². The molecule has 10 heteroatoms. The van der Waals surface area contributed by atoms with Gasteiger partial charge in [0.15, 0.2) is 5.96 Å². The molecule has 2 rings (SSSR count). The third-order valence-electron chi connectivity index (χ3n) is 4.35. The van der Waals surface area contributed by atoms with Gasteiger partial charge in [0.2, 0.25) is 10.0 Å². The van der Waals surface area contributed by atoms with Crippen molar-refractivity contribution in [2.24, 2.45) is 4.99 Å². The molecule has 1 fully saturated rings. The van der Waals surface area contributed by atoms with E-state index in [-0.39, 0.29) is 18.4 Å². The lowest BCUT2D eigenvalue weighted by Crippen LogP contribution is -2.51. The molecule has 158 valence electrons. The number of likely N-dealkylation sites (tertiary alicyclic amines) is 1. The van der Waals surface area contributed by atoms with Crippen LogP contribution in [0.4, 0.5) is 4.39 Å². The van der Waals surface area contributed by atoms with Crippen molar-refractivity contribution in [2.75, 3.05) is 39.0 Å².